The third-order valence-electron chi connectivity index (χ3n) is 3.67. The molecule has 4 rings (SSSR count). The molecule has 0 fully saturated rings. The fourth-order valence-electron chi connectivity index (χ4n) is 2.48. The monoisotopic (exact) mass is 351 g/mol. The Bertz CT molecular complexity index is 953. The highest BCUT2D eigenvalue weighted by molar-refractivity contribution is 8.00. The molecule has 0 spiro atoms. The normalized spacial score (nSPS) is 13.0. The quantitative estimate of drug-likeness (QED) is 0.753. The van der Waals surface area contributed by atoms with Crippen molar-refractivity contribution in [2.45, 2.75) is 4.90 Å². The number of amides is 2. The van der Waals surface area contributed by atoms with Gasteiger partial charge < -0.3 is 15.2 Å². The maximum atomic E-state index is 12.4. The van der Waals surface area contributed by atoms with E-state index in [4.69, 9.17) is 4.52 Å². The average Bonchev–Trinajstić information content (AvgIpc) is 3.12. The first-order valence-electron chi connectivity index (χ1n) is 7.59. The Morgan fingerprint density at radius 2 is 2.00 bits per heavy atom. The molecular weight excluding hydrogens is 338 g/mol. The van der Waals surface area contributed by atoms with E-state index in [-0.39, 0.29) is 17.5 Å². The lowest BCUT2D eigenvalue weighted by Gasteiger charge is -2.17. The molecule has 0 saturated carbocycles. The number of benzene rings is 2. The minimum Gasteiger partial charge on any atom is -0.355 e. The molecule has 3 aromatic rings. The summed E-state index contributed by atoms with van der Waals surface area (Å²) >= 11 is 1.47. The Balaban J connectivity index is 1.52. The summed E-state index contributed by atoms with van der Waals surface area (Å²) in [6, 6.07) is 16.4. The van der Waals surface area contributed by atoms with Crippen LogP contribution in [0.5, 0.6) is 0 Å². The zero-order chi connectivity index (χ0) is 17.2. The van der Waals surface area contributed by atoms with Gasteiger partial charge in [-0.3, -0.25) is 9.59 Å². The van der Waals surface area contributed by atoms with E-state index in [2.05, 4.69) is 15.8 Å². The molecule has 2 heterocycles. The van der Waals surface area contributed by atoms with E-state index in [0.29, 0.717) is 22.9 Å². The van der Waals surface area contributed by atoms with Gasteiger partial charge >= 0.3 is 0 Å². The number of nitrogens with one attached hydrogen (secondary N) is 2. The maximum absolute atomic E-state index is 12.4. The molecule has 7 heteroatoms. The average molecular weight is 351 g/mol. The fraction of sp³-hybridized carbons (Fsp3) is 0.0556. The molecule has 0 saturated heterocycles. The van der Waals surface area contributed by atoms with Crippen LogP contribution in [0.4, 0.5) is 11.4 Å². The zero-order valence-electron chi connectivity index (χ0n) is 13.0. The highest BCUT2D eigenvalue weighted by Gasteiger charge is 2.17. The highest BCUT2D eigenvalue weighted by Crippen LogP contribution is 2.33. The number of hydrogen-bond donors (Lipinski definition) is 2. The lowest BCUT2D eigenvalue weighted by molar-refractivity contribution is -0.113. The van der Waals surface area contributed by atoms with Crippen LogP contribution >= 0.6 is 11.8 Å². The van der Waals surface area contributed by atoms with Gasteiger partial charge in [-0.15, -0.1) is 11.8 Å². The van der Waals surface area contributed by atoms with Gasteiger partial charge in [-0.25, -0.2) is 0 Å². The summed E-state index contributed by atoms with van der Waals surface area (Å²) in [5, 5.41) is 9.39. The number of rotatable bonds is 3. The van der Waals surface area contributed by atoms with Crippen molar-refractivity contribution in [3.8, 4) is 11.3 Å². The van der Waals surface area contributed by atoms with E-state index >= 15 is 0 Å². The standard InChI is InChI=1S/C18H13N3O3S/c22-17-10-25-16-7-6-12(8-13(16)20-17)19-18(23)14-9-15(24-21-14)11-4-2-1-3-5-11/h1-9H,10H2,(H,19,23)(H,20,22). The van der Waals surface area contributed by atoms with E-state index in [1.807, 2.05) is 36.4 Å². The van der Waals surface area contributed by atoms with E-state index < -0.39 is 0 Å². The Morgan fingerprint density at radius 3 is 2.84 bits per heavy atom. The molecular formula is C18H13N3O3S. The minimum absolute atomic E-state index is 0.0509. The van der Waals surface area contributed by atoms with Gasteiger partial charge in [0.15, 0.2) is 11.5 Å². The highest BCUT2D eigenvalue weighted by atomic mass is 32.2. The number of aromatic nitrogens is 1. The topological polar surface area (TPSA) is 84.2 Å². The summed E-state index contributed by atoms with van der Waals surface area (Å²) in [6.07, 6.45) is 0. The number of hydrogen-bond acceptors (Lipinski definition) is 5. The second kappa shape index (κ2) is 6.45. The van der Waals surface area contributed by atoms with Gasteiger partial charge in [0.2, 0.25) is 5.91 Å². The Labute approximate surface area is 147 Å². The fourth-order valence-corrected chi connectivity index (χ4v) is 3.27. The molecule has 124 valence electrons. The van der Waals surface area contributed by atoms with Crippen molar-refractivity contribution in [1.82, 2.24) is 5.16 Å². The summed E-state index contributed by atoms with van der Waals surface area (Å²) in [6.45, 7) is 0. The molecule has 2 amide bonds. The van der Waals surface area contributed by atoms with E-state index in [1.165, 1.54) is 11.8 Å². The molecule has 6 nitrogen and oxygen atoms in total. The molecule has 0 radical (unpaired) electrons. The number of thioether (sulfide) groups is 1. The minimum atomic E-state index is -0.374. The number of carbonyl (C=O) groups is 2. The lowest BCUT2D eigenvalue weighted by Crippen LogP contribution is -2.19. The van der Waals surface area contributed by atoms with Crippen LogP contribution in [0.1, 0.15) is 10.5 Å². The molecule has 0 aliphatic carbocycles. The van der Waals surface area contributed by atoms with Gasteiger partial charge in [0.1, 0.15) is 0 Å². The number of nitrogens with zero attached hydrogens (tertiary/aromatic N) is 1. The summed E-state index contributed by atoms with van der Waals surface area (Å²) in [7, 11) is 0. The molecule has 1 aromatic heterocycles. The molecule has 1 aliphatic heterocycles. The van der Waals surface area contributed by atoms with Crippen LogP contribution in [0.2, 0.25) is 0 Å². The largest absolute Gasteiger partial charge is 0.355 e. The smallest absolute Gasteiger partial charge is 0.277 e. The first-order valence-corrected chi connectivity index (χ1v) is 8.58. The predicted octanol–water partition coefficient (Wildman–Crippen LogP) is 3.64. The van der Waals surface area contributed by atoms with Crippen molar-refractivity contribution in [3.05, 3.63) is 60.3 Å². The Hall–Kier alpha value is -3.06. The predicted molar refractivity (Wildman–Crippen MR) is 95.7 cm³/mol. The molecule has 25 heavy (non-hydrogen) atoms. The van der Waals surface area contributed by atoms with Gasteiger partial charge in [-0.1, -0.05) is 35.5 Å². The van der Waals surface area contributed by atoms with Gasteiger partial charge in [0.05, 0.1) is 11.4 Å². The lowest BCUT2D eigenvalue weighted by atomic mass is 10.1. The van der Waals surface area contributed by atoms with Crippen molar-refractivity contribution in [3.63, 3.8) is 0 Å². The van der Waals surface area contributed by atoms with Crippen molar-refractivity contribution in [2.24, 2.45) is 0 Å². The van der Waals surface area contributed by atoms with E-state index in [0.717, 1.165) is 10.5 Å². The molecule has 0 bridgehead atoms. The van der Waals surface area contributed by atoms with Crippen LogP contribution in [-0.2, 0) is 4.79 Å². The van der Waals surface area contributed by atoms with E-state index in [9.17, 15) is 9.59 Å². The van der Waals surface area contributed by atoms with Crippen molar-refractivity contribution in [2.75, 3.05) is 16.4 Å². The number of fused-ring (bicyclic) bond motifs is 1. The first kappa shape index (κ1) is 15.5. The van der Waals surface area contributed by atoms with Gasteiger partial charge in [0, 0.05) is 22.2 Å². The second-order valence-corrected chi connectivity index (χ2v) is 6.46. The summed E-state index contributed by atoms with van der Waals surface area (Å²) in [5.74, 6) is 0.505. The van der Waals surface area contributed by atoms with Crippen LogP contribution in [-0.4, -0.2) is 22.7 Å². The van der Waals surface area contributed by atoms with Crippen LogP contribution in [0, 0.1) is 0 Å². The molecule has 2 N–H and O–H groups in total. The third kappa shape index (κ3) is 3.27. The van der Waals surface area contributed by atoms with Crippen molar-refractivity contribution in [1.29, 1.82) is 0 Å². The van der Waals surface area contributed by atoms with Crippen molar-refractivity contribution < 1.29 is 14.1 Å². The summed E-state index contributed by atoms with van der Waals surface area (Å²) in [5.41, 5.74) is 2.32. The Kier molecular flexibility index (Phi) is 3.99. The summed E-state index contributed by atoms with van der Waals surface area (Å²) in [4.78, 5) is 24.8. The second-order valence-electron chi connectivity index (χ2n) is 5.44. The van der Waals surface area contributed by atoms with E-state index in [1.54, 1.807) is 18.2 Å². The first-order chi connectivity index (χ1) is 12.2. The molecule has 0 atom stereocenters. The molecule has 2 aromatic carbocycles. The zero-order valence-corrected chi connectivity index (χ0v) is 13.8. The van der Waals surface area contributed by atoms with Gasteiger partial charge in [-0.2, -0.15) is 0 Å². The van der Waals surface area contributed by atoms with Crippen molar-refractivity contribution >= 4 is 35.0 Å². The van der Waals surface area contributed by atoms with Gasteiger partial charge in [-0.05, 0) is 18.2 Å². The van der Waals surface area contributed by atoms with Crippen LogP contribution in [0.3, 0.4) is 0 Å². The van der Waals surface area contributed by atoms with Crippen LogP contribution < -0.4 is 10.6 Å². The SMILES string of the molecule is O=C1CSc2ccc(NC(=O)c3cc(-c4ccccc4)on3)cc2N1. The van der Waals surface area contributed by atoms with Crippen LogP contribution in [0.25, 0.3) is 11.3 Å². The third-order valence-corrected chi connectivity index (χ3v) is 4.74. The molecule has 0 unspecified atom stereocenters. The maximum Gasteiger partial charge on any atom is 0.277 e. The van der Waals surface area contributed by atoms with Crippen LogP contribution in [0.15, 0.2) is 64.0 Å². The number of carbonyl (C=O) groups excluding carboxylic acids is 2. The van der Waals surface area contributed by atoms with Gasteiger partial charge in [0.25, 0.3) is 5.91 Å². The molecule has 1 aliphatic rings. The Morgan fingerprint density at radius 1 is 1.16 bits per heavy atom. The summed E-state index contributed by atoms with van der Waals surface area (Å²) < 4.78 is 5.24. The number of anilines is 2.